The molecular formula is C16H17FIN. The van der Waals surface area contributed by atoms with Crippen LogP contribution in [0.3, 0.4) is 0 Å². The Bertz CT molecular complexity index is 595. The molecule has 3 heteroatoms. The zero-order valence-electron chi connectivity index (χ0n) is 11.1. The molecule has 0 saturated heterocycles. The fourth-order valence-electron chi connectivity index (χ4n) is 2.17. The van der Waals surface area contributed by atoms with E-state index in [1.54, 1.807) is 6.07 Å². The van der Waals surface area contributed by atoms with Crippen LogP contribution in [-0.2, 0) is 6.42 Å². The molecule has 19 heavy (non-hydrogen) atoms. The third kappa shape index (κ3) is 3.54. The highest BCUT2D eigenvalue weighted by Crippen LogP contribution is 2.24. The molecule has 0 fully saturated rings. The molecule has 1 atom stereocenters. The maximum absolute atomic E-state index is 13.1. The number of hydrogen-bond donors (Lipinski definition) is 1. The van der Waals surface area contributed by atoms with Crippen LogP contribution >= 0.6 is 22.6 Å². The molecule has 0 amide bonds. The number of benzene rings is 2. The normalized spacial score (nSPS) is 12.5. The van der Waals surface area contributed by atoms with Crippen LogP contribution in [0.4, 0.5) is 4.39 Å². The van der Waals surface area contributed by atoms with Crippen molar-refractivity contribution in [3.63, 3.8) is 0 Å². The first-order valence-corrected chi connectivity index (χ1v) is 7.32. The van der Waals surface area contributed by atoms with Crippen LogP contribution in [0.2, 0.25) is 0 Å². The summed E-state index contributed by atoms with van der Waals surface area (Å²) < 4.78 is 14.0. The minimum absolute atomic E-state index is 0.104. The summed E-state index contributed by atoms with van der Waals surface area (Å²) in [5.41, 5.74) is 11.0. The van der Waals surface area contributed by atoms with Crippen LogP contribution in [0.1, 0.15) is 28.3 Å². The van der Waals surface area contributed by atoms with Gasteiger partial charge in [-0.25, -0.2) is 4.39 Å². The molecule has 0 aliphatic carbocycles. The number of rotatable bonds is 3. The molecule has 0 spiro atoms. The van der Waals surface area contributed by atoms with E-state index in [0.29, 0.717) is 0 Å². The zero-order chi connectivity index (χ0) is 14.0. The number of nitrogens with two attached hydrogens (primary N) is 1. The monoisotopic (exact) mass is 369 g/mol. The van der Waals surface area contributed by atoms with Gasteiger partial charge in [-0.2, -0.15) is 0 Å². The molecule has 100 valence electrons. The van der Waals surface area contributed by atoms with Gasteiger partial charge in [-0.15, -0.1) is 0 Å². The summed E-state index contributed by atoms with van der Waals surface area (Å²) in [6, 6.07) is 11.1. The van der Waals surface area contributed by atoms with Crippen molar-refractivity contribution in [2.45, 2.75) is 26.3 Å². The van der Waals surface area contributed by atoms with Crippen LogP contribution in [0.15, 0.2) is 36.4 Å². The van der Waals surface area contributed by atoms with Crippen molar-refractivity contribution in [2.24, 2.45) is 5.73 Å². The standard InChI is InChI=1S/C16H17FIN/c1-10-3-4-11(2)12(7-10)8-16(19)14-6-5-13(17)9-15(14)18/h3-7,9,16H,8,19H2,1-2H3. The maximum atomic E-state index is 13.1. The van der Waals surface area contributed by atoms with Crippen molar-refractivity contribution in [2.75, 3.05) is 0 Å². The highest BCUT2D eigenvalue weighted by atomic mass is 127. The lowest BCUT2D eigenvalue weighted by Crippen LogP contribution is -2.15. The lowest BCUT2D eigenvalue weighted by atomic mass is 9.95. The lowest BCUT2D eigenvalue weighted by molar-refractivity contribution is 0.622. The van der Waals surface area contributed by atoms with Gasteiger partial charge in [0, 0.05) is 9.61 Å². The van der Waals surface area contributed by atoms with Crippen molar-refractivity contribution in [1.29, 1.82) is 0 Å². The fourth-order valence-corrected chi connectivity index (χ4v) is 3.05. The second kappa shape index (κ2) is 6.01. The smallest absolute Gasteiger partial charge is 0.124 e. The van der Waals surface area contributed by atoms with Crippen LogP contribution in [0, 0.1) is 23.2 Å². The Balaban J connectivity index is 2.25. The van der Waals surface area contributed by atoms with Crippen molar-refractivity contribution in [3.05, 3.63) is 68.0 Å². The summed E-state index contributed by atoms with van der Waals surface area (Å²) in [7, 11) is 0. The molecule has 0 aliphatic heterocycles. The number of halogens is 2. The molecule has 0 bridgehead atoms. The Hall–Kier alpha value is -0.940. The van der Waals surface area contributed by atoms with Gasteiger partial charge in [-0.3, -0.25) is 0 Å². The van der Waals surface area contributed by atoms with Crippen molar-refractivity contribution >= 4 is 22.6 Å². The van der Waals surface area contributed by atoms with E-state index in [1.165, 1.54) is 28.8 Å². The van der Waals surface area contributed by atoms with Crippen molar-refractivity contribution < 1.29 is 4.39 Å². The van der Waals surface area contributed by atoms with Gasteiger partial charge in [0.15, 0.2) is 0 Å². The van der Waals surface area contributed by atoms with E-state index >= 15 is 0 Å². The average Bonchev–Trinajstić information content (AvgIpc) is 2.33. The summed E-state index contributed by atoms with van der Waals surface area (Å²) in [6.45, 7) is 4.17. The second-order valence-corrected chi connectivity index (χ2v) is 6.07. The number of aryl methyl sites for hydroxylation is 2. The molecule has 0 heterocycles. The topological polar surface area (TPSA) is 26.0 Å². The molecule has 0 aromatic heterocycles. The Morgan fingerprint density at radius 2 is 1.89 bits per heavy atom. The SMILES string of the molecule is Cc1ccc(C)c(CC(N)c2ccc(F)cc2I)c1. The van der Waals surface area contributed by atoms with Gasteiger partial charge >= 0.3 is 0 Å². The van der Waals surface area contributed by atoms with Crippen LogP contribution in [0.25, 0.3) is 0 Å². The molecule has 1 unspecified atom stereocenters. The van der Waals surface area contributed by atoms with Crippen molar-refractivity contribution in [1.82, 2.24) is 0 Å². The predicted molar refractivity (Wildman–Crippen MR) is 85.7 cm³/mol. The van der Waals surface area contributed by atoms with E-state index in [-0.39, 0.29) is 11.9 Å². The van der Waals surface area contributed by atoms with E-state index in [4.69, 9.17) is 5.73 Å². The molecule has 2 N–H and O–H groups in total. The first kappa shape index (κ1) is 14.5. The quantitative estimate of drug-likeness (QED) is 0.803. The van der Waals surface area contributed by atoms with Gasteiger partial charge in [0.05, 0.1) is 0 Å². The lowest BCUT2D eigenvalue weighted by Gasteiger charge is -2.16. The Morgan fingerprint density at radius 1 is 1.16 bits per heavy atom. The van der Waals surface area contributed by atoms with E-state index in [2.05, 4.69) is 54.6 Å². The van der Waals surface area contributed by atoms with E-state index in [1.807, 2.05) is 0 Å². The van der Waals surface area contributed by atoms with E-state index < -0.39 is 0 Å². The third-order valence-electron chi connectivity index (χ3n) is 3.31. The maximum Gasteiger partial charge on any atom is 0.124 e. The first-order chi connectivity index (χ1) is 8.97. The van der Waals surface area contributed by atoms with Gasteiger partial charge in [0.1, 0.15) is 5.82 Å². The van der Waals surface area contributed by atoms with Crippen molar-refractivity contribution in [3.8, 4) is 0 Å². The first-order valence-electron chi connectivity index (χ1n) is 6.24. The molecule has 0 radical (unpaired) electrons. The number of hydrogen-bond acceptors (Lipinski definition) is 1. The molecule has 2 aromatic carbocycles. The van der Waals surface area contributed by atoms with Crippen LogP contribution in [0.5, 0.6) is 0 Å². The summed E-state index contributed by atoms with van der Waals surface area (Å²) in [4.78, 5) is 0. The Labute approximate surface area is 127 Å². The van der Waals surface area contributed by atoms with Gasteiger partial charge in [0.25, 0.3) is 0 Å². The van der Waals surface area contributed by atoms with Crippen LogP contribution < -0.4 is 5.73 Å². The van der Waals surface area contributed by atoms with Gasteiger partial charge in [-0.1, -0.05) is 29.8 Å². The molecular weight excluding hydrogens is 352 g/mol. The zero-order valence-corrected chi connectivity index (χ0v) is 13.2. The fraction of sp³-hybridized carbons (Fsp3) is 0.250. The van der Waals surface area contributed by atoms with Gasteiger partial charge in [-0.05, 0) is 71.7 Å². The molecule has 0 aliphatic rings. The van der Waals surface area contributed by atoms with E-state index in [0.717, 1.165) is 15.6 Å². The summed E-state index contributed by atoms with van der Waals surface area (Å²) in [6.07, 6.45) is 0.773. The predicted octanol–water partition coefficient (Wildman–Crippen LogP) is 4.29. The second-order valence-electron chi connectivity index (χ2n) is 4.91. The molecule has 2 aromatic rings. The Morgan fingerprint density at radius 3 is 2.58 bits per heavy atom. The van der Waals surface area contributed by atoms with E-state index in [9.17, 15) is 4.39 Å². The van der Waals surface area contributed by atoms with Crippen LogP contribution in [-0.4, -0.2) is 0 Å². The van der Waals surface area contributed by atoms with Gasteiger partial charge in [0.2, 0.25) is 0 Å². The summed E-state index contributed by atoms with van der Waals surface area (Å²) >= 11 is 2.14. The highest BCUT2D eigenvalue weighted by Gasteiger charge is 2.12. The molecule has 0 saturated carbocycles. The Kier molecular flexibility index (Phi) is 4.58. The molecule has 1 nitrogen and oxygen atoms in total. The summed E-state index contributed by atoms with van der Waals surface area (Å²) in [5, 5.41) is 0. The minimum Gasteiger partial charge on any atom is -0.324 e. The third-order valence-corrected chi connectivity index (χ3v) is 4.24. The van der Waals surface area contributed by atoms with Gasteiger partial charge < -0.3 is 5.73 Å². The minimum atomic E-state index is -0.216. The largest absolute Gasteiger partial charge is 0.324 e. The highest BCUT2D eigenvalue weighted by molar-refractivity contribution is 14.1. The average molecular weight is 369 g/mol. The molecule has 2 rings (SSSR count). The summed E-state index contributed by atoms with van der Waals surface area (Å²) in [5.74, 6) is -0.216.